The largest absolute Gasteiger partial charge is 0.397 e. The molecule has 0 atom stereocenters. The third-order valence-corrected chi connectivity index (χ3v) is 2.98. The van der Waals surface area contributed by atoms with E-state index in [1.807, 2.05) is 26.8 Å². The molecule has 0 unspecified atom stereocenters. The predicted molar refractivity (Wildman–Crippen MR) is 63.7 cm³/mol. The molecule has 0 saturated carbocycles. The number of nitrogen functional groups attached to an aromatic ring is 2. The maximum absolute atomic E-state index is 11.5. The van der Waals surface area contributed by atoms with Crippen LogP contribution in [-0.2, 0) is 10.2 Å². The van der Waals surface area contributed by atoms with Gasteiger partial charge < -0.3 is 11.5 Å². The van der Waals surface area contributed by atoms with Crippen LogP contribution in [0.1, 0.15) is 31.9 Å². The second-order valence-electron chi connectivity index (χ2n) is 4.48. The first-order valence-electron chi connectivity index (χ1n) is 4.94. The number of carbonyl (C=O) groups is 1. The molecular weight excluding hydrogens is 188 g/mol. The van der Waals surface area contributed by atoms with Gasteiger partial charge >= 0.3 is 0 Å². The zero-order valence-corrected chi connectivity index (χ0v) is 9.72. The maximum atomic E-state index is 11.5. The van der Waals surface area contributed by atoms with Gasteiger partial charge in [0.25, 0.3) is 0 Å². The Labute approximate surface area is 90.5 Å². The fourth-order valence-electron chi connectivity index (χ4n) is 1.61. The van der Waals surface area contributed by atoms with E-state index in [1.165, 1.54) is 0 Å². The fourth-order valence-corrected chi connectivity index (χ4v) is 1.61. The molecule has 0 aromatic heterocycles. The summed E-state index contributed by atoms with van der Waals surface area (Å²) in [5, 5.41) is 0. The molecule has 15 heavy (non-hydrogen) atoms. The summed E-state index contributed by atoms with van der Waals surface area (Å²) in [6, 6.07) is 3.61. The van der Waals surface area contributed by atoms with E-state index in [0.717, 1.165) is 11.1 Å². The molecule has 0 aliphatic rings. The topological polar surface area (TPSA) is 69.1 Å². The molecule has 0 fully saturated rings. The van der Waals surface area contributed by atoms with Crippen molar-refractivity contribution in [1.29, 1.82) is 0 Å². The number of Topliss-reactive ketones (excluding diaryl/α,β-unsaturated/α-hetero) is 1. The Balaban J connectivity index is 3.38. The van der Waals surface area contributed by atoms with E-state index in [9.17, 15) is 4.79 Å². The minimum absolute atomic E-state index is 0.120. The highest BCUT2D eigenvalue weighted by atomic mass is 16.1. The summed E-state index contributed by atoms with van der Waals surface area (Å²) in [5.74, 6) is 0.120. The van der Waals surface area contributed by atoms with Crippen LogP contribution in [0.5, 0.6) is 0 Å². The summed E-state index contributed by atoms with van der Waals surface area (Å²) >= 11 is 0. The van der Waals surface area contributed by atoms with Crippen molar-refractivity contribution in [3.63, 3.8) is 0 Å². The number of nitrogens with two attached hydrogens (primary N) is 2. The van der Waals surface area contributed by atoms with Crippen LogP contribution in [-0.4, -0.2) is 5.78 Å². The third kappa shape index (κ3) is 1.96. The van der Waals surface area contributed by atoms with Gasteiger partial charge in [-0.1, -0.05) is 0 Å². The van der Waals surface area contributed by atoms with E-state index < -0.39 is 5.41 Å². The monoisotopic (exact) mass is 206 g/mol. The van der Waals surface area contributed by atoms with Crippen LogP contribution in [0.25, 0.3) is 0 Å². The zero-order valence-electron chi connectivity index (χ0n) is 9.72. The Morgan fingerprint density at radius 3 is 2.13 bits per heavy atom. The normalized spacial score (nSPS) is 11.5. The number of rotatable bonds is 2. The van der Waals surface area contributed by atoms with Gasteiger partial charge in [-0.25, -0.2) is 0 Å². The van der Waals surface area contributed by atoms with Gasteiger partial charge in [0, 0.05) is 5.41 Å². The van der Waals surface area contributed by atoms with E-state index >= 15 is 0 Å². The lowest BCUT2D eigenvalue weighted by atomic mass is 9.78. The number of anilines is 2. The second kappa shape index (κ2) is 3.57. The van der Waals surface area contributed by atoms with Gasteiger partial charge in [0.2, 0.25) is 0 Å². The molecule has 1 rings (SSSR count). The van der Waals surface area contributed by atoms with Gasteiger partial charge in [0.1, 0.15) is 5.78 Å². The van der Waals surface area contributed by atoms with Gasteiger partial charge in [-0.15, -0.1) is 0 Å². The van der Waals surface area contributed by atoms with Crippen LogP contribution in [0, 0.1) is 6.92 Å². The second-order valence-corrected chi connectivity index (χ2v) is 4.48. The molecule has 3 nitrogen and oxygen atoms in total. The Morgan fingerprint density at radius 1 is 1.20 bits per heavy atom. The lowest BCUT2D eigenvalue weighted by Gasteiger charge is -2.24. The fraction of sp³-hybridized carbons (Fsp3) is 0.417. The van der Waals surface area contributed by atoms with Crippen LogP contribution in [0.15, 0.2) is 12.1 Å². The summed E-state index contributed by atoms with van der Waals surface area (Å²) in [6.45, 7) is 7.32. The SMILES string of the molecule is CC(=O)C(C)(C)c1cc(N)c(N)cc1C. The number of hydrogen-bond donors (Lipinski definition) is 2. The highest BCUT2D eigenvalue weighted by Gasteiger charge is 2.28. The molecule has 0 saturated heterocycles. The van der Waals surface area contributed by atoms with Crippen molar-refractivity contribution < 1.29 is 4.79 Å². The summed E-state index contributed by atoms with van der Waals surface area (Å²) < 4.78 is 0. The zero-order chi connectivity index (χ0) is 11.8. The minimum Gasteiger partial charge on any atom is -0.397 e. The molecule has 0 bridgehead atoms. The number of aryl methyl sites for hydroxylation is 1. The first-order valence-corrected chi connectivity index (χ1v) is 4.94. The Morgan fingerprint density at radius 2 is 1.67 bits per heavy atom. The molecule has 0 spiro atoms. The first kappa shape index (κ1) is 11.6. The number of benzene rings is 1. The Kier molecular flexibility index (Phi) is 2.75. The lowest BCUT2D eigenvalue weighted by molar-refractivity contribution is -0.121. The smallest absolute Gasteiger partial charge is 0.139 e. The molecule has 4 N–H and O–H groups in total. The predicted octanol–water partition coefficient (Wildman–Crippen LogP) is 2.03. The average molecular weight is 206 g/mol. The summed E-state index contributed by atoms with van der Waals surface area (Å²) in [6.07, 6.45) is 0. The lowest BCUT2D eigenvalue weighted by Crippen LogP contribution is -2.27. The van der Waals surface area contributed by atoms with Gasteiger partial charge in [-0.2, -0.15) is 0 Å². The first-order chi connectivity index (χ1) is 6.76. The summed E-state index contributed by atoms with van der Waals surface area (Å²) in [5.41, 5.74) is 14.0. The van der Waals surface area contributed by atoms with Gasteiger partial charge in [-0.05, 0) is 51.0 Å². The standard InChI is InChI=1S/C12H18N2O/c1-7-5-10(13)11(14)6-9(7)12(3,4)8(2)15/h5-6H,13-14H2,1-4H3. The van der Waals surface area contributed by atoms with Crippen molar-refractivity contribution in [3.05, 3.63) is 23.3 Å². The van der Waals surface area contributed by atoms with E-state index in [1.54, 1.807) is 13.0 Å². The van der Waals surface area contributed by atoms with E-state index in [-0.39, 0.29) is 5.78 Å². The van der Waals surface area contributed by atoms with Crippen molar-refractivity contribution in [2.45, 2.75) is 33.1 Å². The number of ketones is 1. The van der Waals surface area contributed by atoms with Gasteiger partial charge in [0.15, 0.2) is 0 Å². The van der Waals surface area contributed by atoms with E-state index in [0.29, 0.717) is 11.4 Å². The molecule has 82 valence electrons. The highest BCUT2D eigenvalue weighted by Crippen LogP contribution is 2.31. The molecule has 1 aromatic carbocycles. The van der Waals surface area contributed by atoms with Gasteiger partial charge in [0.05, 0.1) is 11.4 Å². The molecule has 0 heterocycles. The molecular formula is C12H18N2O. The van der Waals surface area contributed by atoms with Crippen LogP contribution in [0.3, 0.4) is 0 Å². The molecule has 3 heteroatoms. The van der Waals surface area contributed by atoms with Crippen molar-refractivity contribution >= 4 is 17.2 Å². The molecule has 1 aromatic rings. The summed E-state index contributed by atoms with van der Waals surface area (Å²) in [7, 11) is 0. The Bertz CT molecular complexity index is 408. The minimum atomic E-state index is -0.508. The maximum Gasteiger partial charge on any atom is 0.139 e. The molecule has 0 aliphatic carbocycles. The van der Waals surface area contributed by atoms with Crippen molar-refractivity contribution in [3.8, 4) is 0 Å². The Hall–Kier alpha value is -1.51. The van der Waals surface area contributed by atoms with Gasteiger partial charge in [-0.3, -0.25) is 4.79 Å². The van der Waals surface area contributed by atoms with Crippen LogP contribution >= 0.6 is 0 Å². The number of carbonyl (C=O) groups excluding carboxylic acids is 1. The van der Waals surface area contributed by atoms with E-state index in [2.05, 4.69) is 0 Å². The van der Waals surface area contributed by atoms with Crippen LogP contribution in [0.4, 0.5) is 11.4 Å². The molecule has 0 radical (unpaired) electrons. The molecule has 0 aliphatic heterocycles. The average Bonchev–Trinajstić information content (AvgIpc) is 2.10. The van der Waals surface area contributed by atoms with E-state index in [4.69, 9.17) is 11.5 Å². The number of hydrogen-bond acceptors (Lipinski definition) is 3. The van der Waals surface area contributed by atoms with Crippen molar-refractivity contribution in [1.82, 2.24) is 0 Å². The van der Waals surface area contributed by atoms with Crippen molar-refractivity contribution in [2.75, 3.05) is 11.5 Å². The highest BCUT2D eigenvalue weighted by molar-refractivity contribution is 5.88. The quantitative estimate of drug-likeness (QED) is 0.727. The molecule has 0 amide bonds. The van der Waals surface area contributed by atoms with Crippen LogP contribution in [0.2, 0.25) is 0 Å². The summed E-state index contributed by atoms with van der Waals surface area (Å²) in [4.78, 5) is 11.5. The third-order valence-electron chi connectivity index (χ3n) is 2.98. The van der Waals surface area contributed by atoms with Crippen molar-refractivity contribution in [2.24, 2.45) is 0 Å². The van der Waals surface area contributed by atoms with Crippen LogP contribution < -0.4 is 11.5 Å².